The van der Waals surface area contributed by atoms with E-state index in [9.17, 15) is 18.3 Å². The highest BCUT2D eigenvalue weighted by Gasteiger charge is 2.33. The van der Waals surface area contributed by atoms with Gasteiger partial charge in [-0.25, -0.2) is 13.2 Å². The highest BCUT2D eigenvalue weighted by molar-refractivity contribution is 7.91. The van der Waals surface area contributed by atoms with Crippen LogP contribution in [0.5, 0.6) is 0 Å². The SMILES string of the molecule is CC(C)(C)OC(=O)NCC1CCS(=O)(=O)CC1CO. The van der Waals surface area contributed by atoms with Crippen molar-refractivity contribution in [2.75, 3.05) is 24.7 Å². The summed E-state index contributed by atoms with van der Waals surface area (Å²) in [5, 5.41) is 11.9. The van der Waals surface area contributed by atoms with E-state index >= 15 is 0 Å². The Labute approximate surface area is 114 Å². The summed E-state index contributed by atoms with van der Waals surface area (Å²) in [6.45, 7) is 5.47. The van der Waals surface area contributed by atoms with Crippen LogP contribution in [-0.2, 0) is 14.6 Å². The molecular formula is C12H23NO5S. The lowest BCUT2D eigenvalue weighted by Gasteiger charge is -2.30. The largest absolute Gasteiger partial charge is 0.444 e. The molecule has 0 bridgehead atoms. The first-order valence-corrected chi connectivity index (χ1v) is 8.23. The van der Waals surface area contributed by atoms with Crippen LogP contribution >= 0.6 is 0 Å². The van der Waals surface area contributed by atoms with E-state index in [1.807, 2.05) is 0 Å². The number of amides is 1. The van der Waals surface area contributed by atoms with Crippen molar-refractivity contribution in [1.82, 2.24) is 5.32 Å². The van der Waals surface area contributed by atoms with Gasteiger partial charge in [0.05, 0.1) is 11.5 Å². The lowest BCUT2D eigenvalue weighted by atomic mass is 9.91. The Morgan fingerprint density at radius 3 is 2.53 bits per heavy atom. The van der Waals surface area contributed by atoms with E-state index < -0.39 is 21.5 Å². The number of aliphatic hydroxyl groups is 1. The van der Waals surface area contributed by atoms with Gasteiger partial charge >= 0.3 is 6.09 Å². The number of nitrogens with one attached hydrogen (secondary N) is 1. The molecule has 112 valence electrons. The van der Waals surface area contributed by atoms with E-state index in [0.717, 1.165) is 0 Å². The van der Waals surface area contributed by atoms with Gasteiger partial charge < -0.3 is 15.2 Å². The van der Waals surface area contributed by atoms with Crippen molar-refractivity contribution in [1.29, 1.82) is 0 Å². The number of ether oxygens (including phenoxy) is 1. The molecule has 1 amide bonds. The zero-order valence-electron chi connectivity index (χ0n) is 11.7. The first-order valence-electron chi connectivity index (χ1n) is 6.41. The Balaban J connectivity index is 2.47. The summed E-state index contributed by atoms with van der Waals surface area (Å²) in [6.07, 6.45) is -0.0544. The molecule has 19 heavy (non-hydrogen) atoms. The molecule has 1 heterocycles. The normalized spacial score (nSPS) is 26.7. The molecule has 2 atom stereocenters. The number of carbonyl (C=O) groups excluding carboxylic acids is 1. The number of hydrogen-bond acceptors (Lipinski definition) is 5. The van der Waals surface area contributed by atoms with Gasteiger partial charge in [0.2, 0.25) is 0 Å². The van der Waals surface area contributed by atoms with Crippen molar-refractivity contribution in [2.24, 2.45) is 11.8 Å². The Kier molecular flexibility index (Phi) is 5.20. The third-order valence-corrected chi connectivity index (χ3v) is 4.87. The first kappa shape index (κ1) is 16.2. The number of alkyl carbamates (subject to hydrolysis) is 1. The van der Waals surface area contributed by atoms with E-state index in [1.54, 1.807) is 20.8 Å². The molecule has 1 aliphatic rings. The summed E-state index contributed by atoms with van der Waals surface area (Å²) in [4.78, 5) is 11.5. The van der Waals surface area contributed by atoms with Crippen LogP contribution in [-0.4, -0.2) is 49.9 Å². The van der Waals surface area contributed by atoms with Crippen molar-refractivity contribution in [3.05, 3.63) is 0 Å². The maximum Gasteiger partial charge on any atom is 0.407 e. The molecule has 7 heteroatoms. The van der Waals surface area contributed by atoms with E-state index in [4.69, 9.17) is 4.74 Å². The van der Waals surface area contributed by atoms with Crippen LogP contribution in [0.25, 0.3) is 0 Å². The van der Waals surface area contributed by atoms with Gasteiger partial charge in [0.1, 0.15) is 5.60 Å². The summed E-state index contributed by atoms with van der Waals surface area (Å²) in [7, 11) is -3.05. The number of hydrogen-bond donors (Lipinski definition) is 2. The van der Waals surface area contributed by atoms with Gasteiger partial charge in [-0.2, -0.15) is 0 Å². The molecule has 1 rings (SSSR count). The predicted molar refractivity (Wildman–Crippen MR) is 71.6 cm³/mol. The van der Waals surface area contributed by atoms with Crippen molar-refractivity contribution < 1.29 is 23.1 Å². The molecule has 6 nitrogen and oxygen atoms in total. The van der Waals surface area contributed by atoms with Crippen LogP contribution in [0.4, 0.5) is 4.79 Å². The Bertz CT molecular complexity index is 412. The standard InChI is InChI=1S/C12H23NO5S/c1-12(2,3)18-11(15)13-6-9-4-5-19(16,17)8-10(9)7-14/h9-10,14H,4-8H2,1-3H3,(H,13,15). The molecule has 1 aliphatic heterocycles. The smallest absolute Gasteiger partial charge is 0.407 e. The van der Waals surface area contributed by atoms with Gasteiger partial charge in [-0.3, -0.25) is 0 Å². The predicted octanol–water partition coefficient (Wildman–Crippen LogP) is 0.554. The second-order valence-electron chi connectivity index (χ2n) is 5.99. The van der Waals surface area contributed by atoms with Crippen LogP contribution in [0.3, 0.4) is 0 Å². The first-order chi connectivity index (χ1) is 8.63. The van der Waals surface area contributed by atoms with Crippen LogP contribution in [0.15, 0.2) is 0 Å². The monoisotopic (exact) mass is 293 g/mol. The van der Waals surface area contributed by atoms with Crippen LogP contribution in [0.2, 0.25) is 0 Å². The zero-order valence-corrected chi connectivity index (χ0v) is 12.5. The van der Waals surface area contributed by atoms with E-state index in [0.29, 0.717) is 13.0 Å². The van der Waals surface area contributed by atoms with Crippen LogP contribution in [0, 0.1) is 11.8 Å². The van der Waals surface area contributed by atoms with Crippen LogP contribution in [0.1, 0.15) is 27.2 Å². The summed E-state index contributed by atoms with van der Waals surface area (Å²) < 4.78 is 28.0. The molecule has 0 saturated carbocycles. The fraction of sp³-hybridized carbons (Fsp3) is 0.917. The van der Waals surface area contributed by atoms with Crippen molar-refractivity contribution in [3.63, 3.8) is 0 Å². The highest BCUT2D eigenvalue weighted by atomic mass is 32.2. The lowest BCUT2D eigenvalue weighted by molar-refractivity contribution is 0.0507. The van der Waals surface area contributed by atoms with Crippen LogP contribution < -0.4 is 5.32 Å². The number of carbonyl (C=O) groups is 1. The Morgan fingerprint density at radius 2 is 2.00 bits per heavy atom. The fourth-order valence-electron chi connectivity index (χ4n) is 2.11. The molecule has 0 radical (unpaired) electrons. The minimum absolute atomic E-state index is 0.00976. The average molecular weight is 293 g/mol. The summed E-state index contributed by atoms with van der Waals surface area (Å²) in [5.41, 5.74) is -0.559. The lowest BCUT2D eigenvalue weighted by Crippen LogP contribution is -2.42. The number of sulfone groups is 1. The van der Waals surface area contributed by atoms with E-state index in [-0.39, 0.29) is 29.9 Å². The molecular weight excluding hydrogens is 270 g/mol. The minimum atomic E-state index is -3.05. The summed E-state index contributed by atoms with van der Waals surface area (Å²) in [6, 6.07) is 0. The van der Waals surface area contributed by atoms with Gasteiger partial charge in [-0.1, -0.05) is 0 Å². The second kappa shape index (κ2) is 6.09. The Hall–Kier alpha value is -0.820. The van der Waals surface area contributed by atoms with Crippen molar-refractivity contribution in [3.8, 4) is 0 Å². The van der Waals surface area contributed by atoms with Gasteiger partial charge in [0.15, 0.2) is 9.84 Å². The third-order valence-electron chi connectivity index (χ3n) is 3.08. The molecule has 0 aromatic rings. The molecule has 2 N–H and O–H groups in total. The molecule has 0 aromatic heterocycles. The maximum absolute atomic E-state index is 11.5. The van der Waals surface area contributed by atoms with E-state index in [2.05, 4.69) is 5.32 Å². The highest BCUT2D eigenvalue weighted by Crippen LogP contribution is 2.24. The zero-order chi connectivity index (χ0) is 14.7. The minimum Gasteiger partial charge on any atom is -0.444 e. The second-order valence-corrected chi connectivity index (χ2v) is 8.22. The molecule has 1 saturated heterocycles. The van der Waals surface area contributed by atoms with E-state index in [1.165, 1.54) is 0 Å². The Morgan fingerprint density at radius 1 is 1.37 bits per heavy atom. The van der Waals surface area contributed by atoms with Crippen molar-refractivity contribution >= 4 is 15.9 Å². The number of rotatable bonds is 3. The van der Waals surface area contributed by atoms with Gasteiger partial charge in [-0.15, -0.1) is 0 Å². The van der Waals surface area contributed by atoms with Gasteiger partial charge in [0.25, 0.3) is 0 Å². The molecule has 2 unspecified atom stereocenters. The maximum atomic E-state index is 11.5. The topological polar surface area (TPSA) is 92.7 Å². The van der Waals surface area contributed by atoms with Crippen molar-refractivity contribution in [2.45, 2.75) is 32.8 Å². The van der Waals surface area contributed by atoms with Gasteiger partial charge in [-0.05, 0) is 33.1 Å². The molecule has 0 spiro atoms. The summed E-state index contributed by atoms with van der Waals surface area (Å²) >= 11 is 0. The quantitative estimate of drug-likeness (QED) is 0.793. The molecule has 1 fully saturated rings. The van der Waals surface area contributed by atoms with Gasteiger partial charge in [0, 0.05) is 19.1 Å². The average Bonchev–Trinajstić information content (AvgIpc) is 2.24. The third kappa shape index (κ3) is 5.78. The summed E-state index contributed by atoms with van der Waals surface area (Å²) in [5.74, 6) is -0.233. The number of aliphatic hydroxyl groups excluding tert-OH is 1. The molecule has 0 aliphatic carbocycles. The fourth-order valence-corrected chi connectivity index (χ4v) is 3.97. The molecule has 0 aromatic carbocycles.